The third-order valence-electron chi connectivity index (χ3n) is 3.72. The summed E-state index contributed by atoms with van der Waals surface area (Å²) in [6, 6.07) is 1.00. The molecule has 0 saturated heterocycles. The zero-order chi connectivity index (χ0) is 13.3. The van der Waals surface area contributed by atoms with E-state index in [1.54, 1.807) is 0 Å². The Bertz CT molecular complexity index is 168. The van der Waals surface area contributed by atoms with E-state index >= 15 is 0 Å². The Hall–Kier alpha value is -0.0800. The predicted octanol–water partition coefficient (Wildman–Crippen LogP) is 3.55. The molecule has 0 bridgehead atoms. The van der Waals surface area contributed by atoms with Crippen LogP contribution in [0.25, 0.3) is 0 Å². The van der Waals surface area contributed by atoms with Gasteiger partial charge in [0.15, 0.2) is 0 Å². The molecule has 0 aromatic heterocycles. The Labute approximate surface area is 109 Å². The summed E-state index contributed by atoms with van der Waals surface area (Å²) in [4.78, 5) is 0. The van der Waals surface area contributed by atoms with E-state index in [0.29, 0.717) is 12.1 Å². The van der Waals surface area contributed by atoms with Crippen molar-refractivity contribution in [1.82, 2.24) is 5.32 Å². The first-order chi connectivity index (χ1) is 7.95. The lowest BCUT2D eigenvalue weighted by atomic mass is 9.99. The smallest absolute Gasteiger partial charge is 0.00389 e. The fourth-order valence-corrected chi connectivity index (χ4v) is 1.89. The molecule has 0 saturated carbocycles. The van der Waals surface area contributed by atoms with Crippen LogP contribution in [0.4, 0.5) is 0 Å². The summed E-state index contributed by atoms with van der Waals surface area (Å²) in [5.74, 6) is 1.61. The summed E-state index contributed by atoms with van der Waals surface area (Å²) < 4.78 is 0. The van der Waals surface area contributed by atoms with Crippen molar-refractivity contribution in [1.29, 1.82) is 0 Å². The summed E-state index contributed by atoms with van der Waals surface area (Å²) in [7, 11) is 0. The lowest BCUT2D eigenvalue weighted by Gasteiger charge is -2.19. The van der Waals surface area contributed by atoms with Gasteiger partial charge < -0.3 is 11.1 Å². The van der Waals surface area contributed by atoms with Gasteiger partial charge in [-0.1, -0.05) is 27.2 Å². The molecule has 0 fully saturated rings. The van der Waals surface area contributed by atoms with Crippen LogP contribution in [0.3, 0.4) is 0 Å². The number of hydrogen-bond donors (Lipinski definition) is 2. The average Bonchev–Trinajstić information content (AvgIpc) is 2.30. The first-order valence-corrected chi connectivity index (χ1v) is 7.44. The van der Waals surface area contributed by atoms with Crippen LogP contribution < -0.4 is 11.1 Å². The van der Waals surface area contributed by atoms with Gasteiger partial charge in [0.25, 0.3) is 0 Å². The van der Waals surface area contributed by atoms with Gasteiger partial charge in [0.05, 0.1) is 0 Å². The highest BCUT2D eigenvalue weighted by molar-refractivity contribution is 4.67. The summed E-state index contributed by atoms with van der Waals surface area (Å²) in [5, 5.41) is 3.64. The van der Waals surface area contributed by atoms with E-state index in [1.165, 1.54) is 25.7 Å². The molecule has 0 heterocycles. The van der Waals surface area contributed by atoms with Crippen molar-refractivity contribution in [3.8, 4) is 0 Å². The zero-order valence-corrected chi connectivity index (χ0v) is 12.6. The molecule has 17 heavy (non-hydrogen) atoms. The molecule has 3 N–H and O–H groups in total. The molecular weight excluding hydrogens is 208 g/mol. The second-order valence-electron chi connectivity index (χ2n) is 6.06. The first kappa shape index (κ1) is 16.9. The minimum absolute atomic E-state index is 0.347. The molecule has 0 spiro atoms. The molecule has 0 aliphatic carbocycles. The highest BCUT2D eigenvalue weighted by Gasteiger charge is 2.08. The Morgan fingerprint density at radius 2 is 1.47 bits per heavy atom. The van der Waals surface area contributed by atoms with Crippen LogP contribution >= 0.6 is 0 Å². The van der Waals surface area contributed by atoms with E-state index in [2.05, 4.69) is 39.9 Å². The van der Waals surface area contributed by atoms with E-state index in [9.17, 15) is 0 Å². The van der Waals surface area contributed by atoms with Crippen molar-refractivity contribution < 1.29 is 0 Å². The second-order valence-corrected chi connectivity index (χ2v) is 6.06. The largest absolute Gasteiger partial charge is 0.328 e. The minimum atomic E-state index is 0.347. The summed E-state index contributed by atoms with van der Waals surface area (Å²) in [6.45, 7) is 12.5. The Morgan fingerprint density at radius 3 is 2.00 bits per heavy atom. The third-order valence-corrected chi connectivity index (χ3v) is 3.72. The Balaban J connectivity index is 3.51. The van der Waals surface area contributed by atoms with E-state index in [1.807, 2.05) is 0 Å². The fraction of sp³-hybridized carbons (Fsp3) is 1.00. The number of nitrogens with two attached hydrogens (primary N) is 1. The Kier molecular flexibility index (Phi) is 9.85. The van der Waals surface area contributed by atoms with E-state index in [0.717, 1.165) is 24.8 Å². The van der Waals surface area contributed by atoms with Crippen molar-refractivity contribution in [2.24, 2.45) is 17.6 Å². The molecular formula is C15H34N2. The molecule has 0 aromatic rings. The topological polar surface area (TPSA) is 38.0 Å². The van der Waals surface area contributed by atoms with Crippen molar-refractivity contribution in [2.75, 3.05) is 6.54 Å². The van der Waals surface area contributed by atoms with Crippen molar-refractivity contribution in [2.45, 2.75) is 78.8 Å². The molecule has 0 amide bonds. The van der Waals surface area contributed by atoms with Gasteiger partial charge in [-0.05, 0) is 57.9 Å². The van der Waals surface area contributed by atoms with Crippen LogP contribution in [0.15, 0.2) is 0 Å². The third kappa shape index (κ3) is 10.8. The highest BCUT2D eigenvalue weighted by atomic mass is 14.9. The van der Waals surface area contributed by atoms with Gasteiger partial charge >= 0.3 is 0 Å². The predicted molar refractivity (Wildman–Crippen MR) is 78.2 cm³/mol. The SMILES string of the molecule is CCC(C)CCC(C)NCC(C)CCC(C)N. The molecule has 0 aromatic carbocycles. The van der Waals surface area contributed by atoms with Crippen LogP contribution in [0.5, 0.6) is 0 Å². The van der Waals surface area contributed by atoms with Gasteiger partial charge in [-0.3, -0.25) is 0 Å². The molecule has 4 atom stereocenters. The standard InChI is InChI=1S/C15H34N2/c1-6-12(2)8-10-15(5)17-11-13(3)7-9-14(4)16/h12-15,17H,6-11,16H2,1-5H3. The van der Waals surface area contributed by atoms with Gasteiger partial charge in [-0.25, -0.2) is 0 Å². The maximum absolute atomic E-state index is 5.77. The van der Waals surface area contributed by atoms with Crippen molar-refractivity contribution in [3.63, 3.8) is 0 Å². The molecule has 4 unspecified atom stereocenters. The Morgan fingerprint density at radius 1 is 0.882 bits per heavy atom. The molecule has 2 nitrogen and oxygen atoms in total. The minimum Gasteiger partial charge on any atom is -0.328 e. The van der Waals surface area contributed by atoms with Gasteiger partial charge in [0, 0.05) is 12.1 Å². The van der Waals surface area contributed by atoms with Crippen LogP contribution in [-0.2, 0) is 0 Å². The number of rotatable bonds is 10. The highest BCUT2D eigenvalue weighted by Crippen LogP contribution is 2.12. The van der Waals surface area contributed by atoms with Gasteiger partial charge in [0.1, 0.15) is 0 Å². The maximum Gasteiger partial charge on any atom is 0.00389 e. The lowest BCUT2D eigenvalue weighted by molar-refractivity contribution is 0.385. The summed E-state index contributed by atoms with van der Waals surface area (Å²) >= 11 is 0. The van der Waals surface area contributed by atoms with Gasteiger partial charge in [0.2, 0.25) is 0 Å². The normalized spacial score (nSPS) is 18.7. The summed E-state index contributed by atoms with van der Waals surface area (Å²) in [5.41, 5.74) is 5.77. The monoisotopic (exact) mass is 242 g/mol. The average molecular weight is 242 g/mol. The fourth-order valence-electron chi connectivity index (χ4n) is 1.89. The number of hydrogen-bond acceptors (Lipinski definition) is 2. The van der Waals surface area contributed by atoms with E-state index < -0.39 is 0 Å². The molecule has 0 rings (SSSR count). The molecule has 0 radical (unpaired) electrons. The zero-order valence-electron chi connectivity index (χ0n) is 12.6. The van der Waals surface area contributed by atoms with E-state index in [4.69, 9.17) is 5.73 Å². The second kappa shape index (κ2) is 9.90. The molecule has 104 valence electrons. The van der Waals surface area contributed by atoms with Crippen LogP contribution in [0, 0.1) is 11.8 Å². The quantitative estimate of drug-likeness (QED) is 0.615. The van der Waals surface area contributed by atoms with Crippen molar-refractivity contribution >= 4 is 0 Å². The molecule has 0 aliphatic heterocycles. The van der Waals surface area contributed by atoms with Gasteiger partial charge in [-0.15, -0.1) is 0 Å². The van der Waals surface area contributed by atoms with Crippen LogP contribution in [0.2, 0.25) is 0 Å². The summed E-state index contributed by atoms with van der Waals surface area (Å²) in [6.07, 6.45) is 6.33. The van der Waals surface area contributed by atoms with E-state index in [-0.39, 0.29) is 0 Å². The van der Waals surface area contributed by atoms with Crippen molar-refractivity contribution in [3.05, 3.63) is 0 Å². The first-order valence-electron chi connectivity index (χ1n) is 7.44. The number of nitrogens with one attached hydrogen (secondary N) is 1. The molecule has 2 heteroatoms. The molecule has 0 aliphatic rings. The van der Waals surface area contributed by atoms with Crippen LogP contribution in [0.1, 0.15) is 66.7 Å². The van der Waals surface area contributed by atoms with Gasteiger partial charge in [-0.2, -0.15) is 0 Å². The van der Waals surface area contributed by atoms with Crippen LogP contribution in [-0.4, -0.2) is 18.6 Å². The maximum atomic E-state index is 5.77. The lowest BCUT2D eigenvalue weighted by Crippen LogP contribution is -2.31.